The summed E-state index contributed by atoms with van der Waals surface area (Å²) in [5.74, 6) is 3.85. The molecular weight excluding hydrogens is 238 g/mol. The van der Waals surface area contributed by atoms with Crippen LogP contribution in [0.3, 0.4) is 0 Å². The number of hydrogen-bond acceptors (Lipinski definition) is 4. The van der Waals surface area contributed by atoms with Gasteiger partial charge in [-0.1, -0.05) is 25.9 Å². The third kappa shape index (κ3) is 3.35. The highest BCUT2D eigenvalue weighted by molar-refractivity contribution is 5.01. The number of nitrogens with zero attached hydrogens (tertiary/aromatic N) is 2. The largest absolute Gasteiger partial charge is 0.339 e. The van der Waals surface area contributed by atoms with Crippen LogP contribution in [0.1, 0.15) is 76.9 Å². The van der Waals surface area contributed by atoms with Gasteiger partial charge in [-0.2, -0.15) is 4.98 Å². The molecule has 0 aromatic carbocycles. The second-order valence-electron chi connectivity index (χ2n) is 6.49. The minimum atomic E-state index is 0.0463. The first-order valence-corrected chi connectivity index (χ1v) is 7.58. The Balaban J connectivity index is 1.97. The summed E-state index contributed by atoms with van der Waals surface area (Å²) in [6.07, 6.45) is 4.95. The molecule has 19 heavy (non-hydrogen) atoms. The number of nitrogens with two attached hydrogens (primary N) is 1. The molecule has 1 saturated carbocycles. The van der Waals surface area contributed by atoms with E-state index in [1.165, 1.54) is 25.7 Å². The zero-order valence-corrected chi connectivity index (χ0v) is 12.6. The van der Waals surface area contributed by atoms with Gasteiger partial charge in [0.05, 0.1) is 5.92 Å². The lowest BCUT2D eigenvalue weighted by Crippen LogP contribution is -2.22. The van der Waals surface area contributed by atoms with Gasteiger partial charge in [0.1, 0.15) is 0 Å². The van der Waals surface area contributed by atoms with E-state index in [4.69, 9.17) is 10.3 Å². The number of hydrogen-bond donors (Lipinski definition) is 1. The first kappa shape index (κ1) is 14.5. The van der Waals surface area contributed by atoms with Crippen LogP contribution < -0.4 is 5.73 Å². The maximum absolute atomic E-state index is 5.88. The molecule has 108 valence electrons. The summed E-state index contributed by atoms with van der Waals surface area (Å²) in [5.41, 5.74) is 5.88. The number of aromatic nitrogens is 2. The molecule has 4 nitrogen and oxygen atoms in total. The summed E-state index contributed by atoms with van der Waals surface area (Å²) in [4.78, 5) is 4.57. The average molecular weight is 265 g/mol. The molecule has 0 aliphatic heterocycles. The summed E-state index contributed by atoms with van der Waals surface area (Å²) >= 11 is 0. The molecule has 0 radical (unpaired) electrons. The molecule has 2 rings (SSSR count). The Morgan fingerprint density at radius 3 is 2.26 bits per heavy atom. The summed E-state index contributed by atoms with van der Waals surface area (Å²) in [7, 11) is 0. The van der Waals surface area contributed by atoms with Gasteiger partial charge in [-0.3, -0.25) is 0 Å². The van der Waals surface area contributed by atoms with E-state index in [1.54, 1.807) is 0 Å². The third-order valence-corrected chi connectivity index (χ3v) is 4.72. The predicted octanol–water partition coefficient (Wildman–Crippen LogP) is 3.45. The van der Waals surface area contributed by atoms with E-state index in [1.807, 2.05) is 13.8 Å². The van der Waals surface area contributed by atoms with Crippen molar-refractivity contribution < 1.29 is 4.52 Å². The van der Waals surface area contributed by atoms with E-state index in [2.05, 4.69) is 24.0 Å². The van der Waals surface area contributed by atoms with Gasteiger partial charge in [0, 0.05) is 12.0 Å². The maximum atomic E-state index is 5.88. The van der Waals surface area contributed by atoms with Gasteiger partial charge in [0.15, 0.2) is 5.82 Å². The quantitative estimate of drug-likeness (QED) is 0.905. The van der Waals surface area contributed by atoms with Crippen LogP contribution in [0.5, 0.6) is 0 Å². The molecular formula is C15H27N3O. The van der Waals surface area contributed by atoms with Crippen LogP contribution in [0, 0.1) is 11.8 Å². The van der Waals surface area contributed by atoms with E-state index in [9.17, 15) is 0 Å². The normalized spacial score (nSPS) is 27.5. The molecule has 1 aliphatic carbocycles. The zero-order valence-electron chi connectivity index (χ0n) is 12.6. The molecule has 1 fully saturated rings. The molecule has 1 aromatic rings. The smallest absolute Gasteiger partial charge is 0.231 e. The maximum Gasteiger partial charge on any atom is 0.231 e. The van der Waals surface area contributed by atoms with E-state index >= 15 is 0 Å². The van der Waals surface area contributed by atoms with Crippen molar-refractivity contribution in [2.24, 2.45) is 17.6 Å². The first-order valence-electron chi connectivity index (χ1n) is 7.58. The summed E-state index contributed by atoms with van der Waals surface area (Å²) in [6, 6.07) is 0.0463. The molecule has 1 aliphatic rings. The minimum Gasteiger partial charge on any atom is -0.339 e. The van der Waals surface area contributed by atoms with Crippen LogP contribution in [-0.4, -0.2) is 16.2 Å². The Kier molecular flexibility index (Phi) is 4.61. The fraction of sp³-hybridized carbons (Fsp3) is 0.867. The zero-order chi connectivity index (χ0) is 14.0. The van der Waals surface area contributed by atoms with Crippen molar-refractivity contribution in [3.8, 4) is 0 Å². The SMILES string of the molecule is CC(C)C1CCC(c2noc(C(C)C(C)N)n2)CC1. The standard InChI is InChI=1S/C15H27N3O/c1-9(2)12-5-7-13(8-6-12)14-17-15(19-18-14)10(3)11(4)16/h9-13H,5-8,16H2,1-4H3. The Hall–Kier alpha value is -0.900. The first-order chi connectivity index (χ1) is 8.99. The topological polar surface area (TPSA) is 64.9 Å². The second-order valence-corrected chi connectivity index (χ2v) is 6.49. The van der Waals surface area contributed by atoms with Crippen LogP contribution in [0.2, 0.25) is 0 Å². The van der Waals surface area contributed by atoms with Crippen LogP contribution >= 0.6 is 0 Å². The van der Waals surface area contributed by atoms with E-state index in [0.717, 1.165) is 17.7 Å². The summed E-state index contributed by atoms with van der Waals surface area (Å²) in [6.45, 7) is 8.66. The molecule has 2 unspecified atom stereocenters. The molecule has 2 atom stereocenters. The predicted molar refractivity (Wildman–Crippen MR) is 75.9 cm³/mol. The minimum absolute atomic E-state index is 0.0463. The Morgan fingerprint density at radius 2 is 1.74 bits per heavy atom. The average Bonchev–Trinajstić information content (AvgIpc) is 2.87. The van der Waals surface area contributed by atoms with Crippen molar-refractivity contribution in [1.29, 1.82) is 0 Å². The Morgan fingerprint density at radius 1 is 1.11 bits per heavy atom. The van der Waals surface area contributed by atoms with Gasteiger partial charge in [0.2, 0.25) is 5.89 Å². The van der Waals surface area contributed by atoms with Crippen molar-refractivity contribution in [1.82, 2.24) is 10.1 Å². The van der Waals surface area contributed by atoms with Crippen LogP contribution in [-0.2, 0) is 0 Å². The molecule has 0 amide bonds. The van der Waals surface area contributed by atoms with Crippen molar-refractivity contribution in [2.45, 2.75) is 71.3 Å². The molecule has 0 saturated heterocycles. The van der Waals surface area contributed by atoms with Crippen LogP contribution in [0.25, 0.3) is 0 Å². The molecule has 4 heteroatoms. The third-order valence-electron chi connectivity index (χ3n) is 4.72. The summed E-state index contributed by atoms with van der Waals surface area (Å²) in [5, 5.41) is 4.17. The Labute approximate surface area is 116 Å². The van der Waals surface area contributed by atoms with Crippen molar-refractivity contribution in [2.75, 3.05) is 0 Å². The van der Waals surface area contributed by atoms with E-state index in [0.29, 0.717) is 11.8 Å². The fourth-order valence-corrected chi connectivity index (χ4v) is 2.87. The van der Waals surface area contributed by atoms with E-state index < -0.39 is 0 Å². The second kappa shape index (κ2) is 6.04. The van der Waals surface area contributed by atoms with Crippen molar-refractivity contribution >= 4 is 0 Å². The van der Waals surface area contributed by atoms with Crippen LogP contribution in [0.4, 0.5) is 0 Å². The highest BCUT2D eigenvalue weighted by Gasteiger charge is 2.28. The molecule has 0 bridgehead atoms. The van der Waals surface area contributed by atoms with Gasteiger partial charge in [-0.05, 0) is 44.4 Å². The highest BCUT2D eigenvalue weighted by atomic mass is 16.5. The van der Waals surface area contributed by atoms with Crippen molar-refractivity contribution in [3.63, 3.8) is 0 Å². The van der Waals surface area contributed by atoms with Gasteiger partial charge >= 0.3 is 0 Å². The van der Waals surface area contributed by atoms with Crippen molar-refractivity contribution in [3.05, 3.63) is 11.7 Å². The van der Waals surface area contributed by atoms with Gasteiger partial charge < -0.3 is 10.3 Å². The van der Waals surface area contributed by atoms with Gasteiger partial charge in [0.25, 0.3) is 0 Å². The Bertz CT molecular complexity index is 392. The molecule has 2 N–H and O–H groups in total. The lowest BCUT2D eigenvalue weighted by atomic mass is 9.77. The monoisotopic (exact) mass is 265 g/mol. The van der Waals surface area contributed by atoms with Crippen LogP contribution in [0.15, 0.2) is 4.52 Å². The molecule has 1 heterocycles. The van der Waals surface area contributed by atoms with Gasteiger partial charge in [-0.15, -0.1) is 0 Å². The van der Waals surface area contributed by atoms with E-state index in [-0.39, 0.29) is 12.0 Å². The van der Waals surface area contributed by atoms with Gasteiger partial charge in [-0.25, -0.2) is 0 Å². The molecule has 1 aromatic heterocycles. The summed E-state index contributed by atoms with van der Waals surface area (Å²) < 4.78 is 5.37. The highest BCUT2D eigenvalue weighted by Crippen LogP contribution is 2.37. The molecule has 0 spiro atoms. The number of rotatable bonds is 4. The lowest BCUT2D eigenvalue weighted by Gasteiger charge is -2.29. The fourth-order valence-electron chi connectivity index (χ4n) is 2.87. The lowest BCUT2D eigenvalue weighted by molar-refractivity contribution is 0.251.